The molecule has 0 saturated carbocycles. The lowest BCUT2D eigenvalue weighted by Crippen LogP contribution is -2.33. The smallest absolute Gasteiger partial charge is 0.240 e. The van der Waals surface area contributed by atoms with E-state index in [4.69, 9.17) is 0 Å². The van der Waals surface area contributed by atoms with Gasteiger partial charge in [0.1, 0.15) is 6.16 Å². The van der Waals surface area contributed by atoms with Crippen molar-refractivity contribution in [1.29, 1.82) is 0 Å². The molecule has 74 valence electrons. The van der Waals surface area contributed by atoms with Gasteiger partial charge in [0.05, 0.1) is 13.2 Å². The highest BCUT2D eigenvalue weighted by Crippen LogP contribution is 2.51. The zero-order valence-electron chi connectivity index (χ0n) is 8.51. The van der Waals surface area contributed by atoms with Crippen molar-refractivity contribution in [3.8, 4) is 0 Å². The number of aromatic nitrogens is 1. The van der Waals surface area contributed by atoms with E-state index in [0.717, 1.165) is 12.7 Å². The molecular weight excluding hydrogens is 183 g/mol. The summed E-state index contributed by atoms with van der Waals surface area (Å²) in [4.78, 5) is 10.2. The molecule has 1 N–H and O–H groups in total. The van der Waals surface area contributed by atoms with E-state index in [0.29, 0.717) is 0 Å². The molecule has 0 radical (unpaired) electrons. The van der Waals surface area contributed by atoms with Crippen molar-refractivity contribution in [2.24, 2.45) is 0 Å². The van der Waals surface area contributed by atoms with Crippen molar-refractivity contribution in [3.63, 3.8) is 0 Å². The highest BCUT2D eigenvalue weighted by Gasteiger charge is 2.34. The van der Waals surface area contributed by atoms with Crippen molar-refractivity contribution < 1.29 is 4.89 Å². The van der Waals surface area contributed by atoms with Gasteiger partial charge in [0.25, 0.3) is 0 Å². The largest absolute Gasteiger partial charge is 0.246 e. The molecule has 3 nitrogen and oxygen atoms in total. The van der Waals surface area contributed by atoms with Crippen LogP contribution in [0, 0.1) is 0 Å². The molecular formula is C9H18N2OP+. The van der Waals surface area contributed by atoms with E-state index in [1.807, 2.05) is 47.6 Å². The van der Waals surface area contributed by atoms with Crippen LogP contribution in [0.2, 0.25) is 0 Å². The summed E-state index contributed by atoms with van der Waals surface area (Å²) in [5, 5.41) is 0. The minimum Gasteiger partial charge on any atom is -0.240 e. The van der Waals surface area contributed by atoms with E-state index in [1.54, 1.807) is 0 Å². The van der Waals surface area contributed by atoms with Crippen LogP contribution in [0.1, 0.15) is 13.8 Å². The molecule has 1 aromatic rings. The maximum Gasteiger partial charge on any atom is 0.246 e. The second kappa shape index (κ2) is 4.12. The second-order valence-electron chi connectivity index (χ2n) is 3.16. The Morgan fingerprint density at radius 3 is 2.23 bits per heavy atom. The Morgan fingerprint density at radius 2 is 1.85 bits per heavy atom. The first-order valence-corrected chi connectivity index (χ1v) is 6.94. The van der Waals surface area contributed by atoms with Crippen LogP contribution < -0.4 is 4.78 Å². The minimum atomic E-state index is -1.93. The molecule has 1 unspecified atom stereocenters. The van der Waals surface area contributed by atoms with Gasteiger partial charge in [-0.1, -0.05) is 0 Å². The quantitative estimate of drug-likeness (QED) is 0.754. The van der Waals surface area contributed by atoms with Gasteiger partial charge in [-0.15, -0.1) is 0 Å². The summed E-state index contributed by atoms with van der Waals surface area (Å²) in [5.74, 6) is 0. The van der Waals surface area contributed by atoms with E-state index in [-0.39, 0.29) is 0 Å². The highest BCUT2D eigenvalue weighted by molar-refractivity contribution is 7.70. The third kappa shape index (κ3) is 2.23. The molecule has 13 heavy (non-hydrogen) atoms. The third-order valence-electron chi connectivity index (χ3n) is 2.23. The molecule has 0 aliphatic heterocycles. The van der Waals surface area contributed by atoms with Crippen LogP contribution in [0.3, 0.4) is 0 Å². The van der Waals surface area contributed by atoms with Crippen LogP contribution in [0.5, 0.6) is 0 Å². The van der Waals surface area contributed by atoms with Gasteiger partial charge in [-0.3, -0.25) is 0 Å². The predicted octanol–water partition coefficient (Wildman–Crippen LogP) is 1.94. The first-order valence-electron chi connectivity index (χ1n) is 4.61. The Morgan fingerprint density at radius 1 is 1.31 bits per heavy atom. The summed E-state index contributed by atoms with van der Waals surface area (Å²) in [5.41, 5.74) is 0. The molecule has 0 aliphatic rings. The number of hydrogen-bond acceptors (Lipinski definition) is 2. The Hall–Kier alpha value is -0.530. The van der Waals surface area contributed by atoms with Gasteiger partial charge in [0.2, 0.25) is 7.64 Å². The van der Waals surface area contributed by atoms with Crippen LogP contribution in [-0.4, -0.2) is 28.9 Å². The van der Waals surface area contributed by atoms with Gasteiger partial charge < -0.3 is 0 Å². The molecule has 0 saturated heterocycles. The molecule has 1 heterocycles. The van der Waals surface area contributed by atoms with Gasteiger partial charge in [-0.2, -0.15) is 4.78 Å². The monoisotopic (exact) mass is 201 g/mol. The van der Waals surface area contributed by atoms with Crippen LogP contribution in [0.25, 0.3) is 0 Å². The molecule has 0 amide bonds. The van der Waals surface area contributed by atoms with Crippen molar-refractivity contribution in [2.45, 2.75) is 13.8 Å². The van der Waals surface area contributed by atoms with Gasteiger partial charge in [0.15, 0.2) is 0 Å². The molecule has 1 atom stereocenters. The van der Waals surface area contributed by atoms with Crippen LogP contribution in [0.15, 0.2) is 24.5 Å². The summed E-state index contributed by atoms with van der Waals surface area (Å²) >= 11 is 0. The van der Waals surface area contributed by atoms with Gasteiger partial charge in [-0.25, -0.2) is 9.57 Å². The Balaban J connectivity index is 2.86. The Bertz CT molecular complexity index is 246. The molecule has 0 spiro atoms. The summed E-state index contributed by atoms with van der Waals surface area (Å²) < 4.78 is 4.00. The summed E-state index contributed by atoms with van der Waals surface area (Å²) in [6, 6.07) is 3.94. The first-order chi connectivity index (χ1) is 6.11. The fraction of sp³-hybridized carbons (Fsp3) is 0.556. The van der Waals surface area contributed by atoms with E-state index in [1.165, 1.54) is 0 Å². The fourth-order valence-electron chi connectivity index (χ4n) is 1.33. The van der Waals surface area contributed by atoms with E-state index in [2.05, 4.69) is 6.92 Å². The molecule has 4 heteroatoms. The molecule has 0 fully saturated rings. The van der Waals surface area contributed by atoms with Crippen molar-refractivity contribution >= 4 is 7.64 Å². The SMILES string of the molecule is CCN(n1cccc1)[P+](C)(O)CC. The van der Waals surface area contributed by atoms with Crippen LogP contribution in [0.4, 0.5) is 0 Å². The van der Waals surface area contributed by atoms with Gasteiger partial charge in [-0.05, 0) is 26.0 Å². The highest BCUT2D eigenvalue weighted by atomic mass is 31.2. The maximum atomic E-state index is 10.2. The molecule has 0 aromatic carbocycles. The van der Waals surface area contributed by atoms with Crippen molar-refractivity contribution in [2.75, 3.05) is 24.2 Å². The second-order valence-corrected chi connectivity index (χ2v) is 6.43. The number of hydrogen-bond donors (Lipinski definition) is 1. The van der Waals surface area contributed by atoms with Gasteiger partial charge >= 0.3 is 0 Å². The van der Waals surface area contributed by atoms with E-state index >= 15 is 0 Å². The summed E-state index contributed by atoms with van der Waals surface area (Å²) in [7, 11) is -1.93. The molecule has 0 bridgehead atoms. The van der Waals surface area contributed by atoms with E-state index in [9.17, 15) is 4.89 Å². The zero-order valence-corrected chi connectivity index (χ0v) is 9.41. The Kier molecular flexibility index (Phi) is 3.34. The van der Waals surface area contributed by atoms with Crippen LogP contribution in [-0.2, 0) is 0 Å². The standard InChI is InChI=1S/C9H18N2OP/c1-4-11(13(3,12)5-2)10-8-6-7-9-10/h6-9,12H,4-5H2,1-3H3/q+1. The van der Waals surface area contributed by atoms with Crippen molar-refractivity contribution in [3.05, 3.63) is 24.5 Å². The van der Waals surface area contributed by atoms with Crippen LogP contribution >= 0.6 is 7.64 Å². The average Bonchev–Trinajstić information content (AvgIpc) is 2.58. The molecule has 0 aliphatic carbocycles. The lowest BCUT2D eigenvalue weighted by Gasteiger charge is -2.29. The lowest BCUT2D eigenvalue weighted by molar-refractivity contribution is 0.572. The van der Waals surface area contributed by atoms with Crippen molar-refractivity contribution in [1.82, 2.24) is 4.68 Å². The number of rotatable bonds is 4. The number of nitrogens with zero attached hydrogens (tertiary/aromatic N) is 2. The summed E-state index contributed by atoms with van der Waals surface area (Å²) in [6.45, 7) is 6.86. The predicted molar refractivity (Wildman–Crippen MR) is 58.8 cm³/mol. The van der Waals surface area contributed by atoms with Gasteiger partial charge in [0, 0.05) is 12.4 Å². The average molecular weight is 201 g/mol. The summed E-state index contributed by atoms with van der Waals surface area (Å²) in [6.07, 6.45) is 4.75. The third-order valence-corrected chi connectivity index (χ3v) is 4.92. The molecule has 1 rings (SSSR count). The fourth-order valence-corrected chi connectivity index (χ4v) is 2.83. The minimum absolute atomic E-state index is 0.818. The topological polar surface area (TPSA) is 28.4 Å². The van der Waals surface area contributed by atoms with E-state index < -0.39 is 7.64 Å². The Labute approximate surface area is 80.4 Å². The lowest BCUT2D eigenvalue weighted by atomic mass is 10.7. The molecule has 1 aromatic heterocycles. The zero-order chi connectivity index (χ0) is 9.90. The first kappa shape index (κ1) is 10.6. The normalized spacial score (nSPS) is 15.4. The maximum absolute atomic E-state index is 10.2.